The maximum Gasteiger partial charge on any atom is 0.129 e. The summed E-state index contributed by atoms with van der Waals surface area (Å²) in [6, 6.07) is 10.4. The van der Waals surface area contributed by atoms with E-state index < -0.39 is 0 Å². The summed E-state index contributed by atoms with van der Waals surface area (Å²) in [6.07, 6.45) is 20.4. The van der Waals surface area contributed by atoms with Gasteiger partial charge in [-0.25, -0.2) is 4.98 Å². The lowest BCUT2D eigenvalue weighted by atomic mass is 10.1. The van der Waals surface area contributed by atoms with Crippen LogP contribution in [0.3, 0.4) is 0 Å². The maximum absolute atomic E-state index is 10.9. The molecule has 1 unspecified atom stereocenters. The van der Waals surface area contributed by atoms with Crippen LogP contribution < -0.4 is 0 Å². The smallest absolute Gasteiger partial charge is 0.129 e. The van der Waals surface area contributed by atoms with Gasteiger partial charge in [-0.2, -0.15) is 0 Å². The first-order valence-electron chi connectivity index (χ1n) is 12.8. The van der Waals surface area contributed by atoms with E-state index in [1.165, 1.54) is 50.5 Å². The summed E-state index contributed by atoms with van der Waals surface area (Å²) in [5.74, 6) is 0.295. The van der Waals surface area contributed by atoms with E-state index in [-0.39, 0.29) is 6.10 Å². The Kier molecular flexibility index (Phi) is 17.3. The zero-order chi connectivity index (χ0) is 23.3. The first-order chi connectivity index (χ1) is 15.7. The molecule has 0 spiro atoms. The second-order valence-corrected chi connectivity index (χ2v) is 8.66. The maximum atomic E-state index is 10.9. The highest BCUT2D eigenvalue weighted by Crippen LogP contribution is 2.20. The second kappa shape index (κ2) is 19.7. The number of aromatic nitrogens is 2. The average molecular weight is 443 g/mol. The van der Waals surface area contributed by atoms with Crippen molar-refractivity contribution in [2.75, 3.05) is 6.61 Å². The van der Waals surface area contributed by atoms with Crippen molar-refractivity contribution >= 4 is 5.78 Å². The van der Waals surface area contributed by atoms with Gasteiger partial charge < -0.3 is 14.1 Å². The minimum atomic E-state index is 0.0538. The number of hydrogen-bond donors (Lipinski definition) is 0. The number of benzene rings is 1. The standard InChI is InChI=1S/C20H28N2O2.C8H18/c1-18(23)10-6-3-2-4-9-15-24-20(16-22-14-13-21-17-22)19-11-7-5-8-12-19;1-3-5-7-8-6-4-2/h5,7-8,11-14,17,20H,2-4,6,9-10,15-16H2,1H3;3-8H2,1-2H3. The van der Waals surface area contributed by atoms with E-state index >= 15 is 0 Å². The van der Waals surface area contributed by atoms with Gasteiger partial charge in [-0.05, 0) is 25.3 Å². The normalized spacial score (nSPS) is 11.6. The third-order valence-corrected chi connectivity index (χ3v) is 5.56. The molecule has 0 aliphatic heterocycles. The zero-order valence-electron chi connectivity index (χ0n) is 20.8. The predicted molar refractivity (Wildman–Crippen MR) is 135 cm³/mol. The lowest BCUT2D eigenvalue weighted by Gasteiger charge is -2.19. The average Bonchev–Trinajstić information content (AvgIpc) is 3.32. The summed E-state index contributed by atoms with van der Waals surface area (Å²) in [4.78, 5) is 15.0. The number of carbonyl (C=O) groups excluding carboxylic acids is 1. The van der Waals surface area contributed by atoms with Crippen LogP contribution in [-0.4, -0.2) is 21.9 Å². The van der Waals surface area contributed by atoms with Gasteiger partial charge in [-0.1, -0.05) is 102 Å². The molecule has 1 aromatic carbocycles. The van der Waals surface area contributed by atoms with Crippen molar-refractivity contribution in [1.82, 2.24) is 9.55 Å². The molecular weight excluding hydrogens is 396 g/mol. The lowest BCUT2D eigenvalue weighted by molar-refractivity contribution is -0.117. The molecule has 0 aliphatic rings. The number of imidazole rings is 1. The van der Waals surface area contributed by atoms with Gasteiger partial charge in [-0.15, -0.1) is 0 Å². The molecule has 0 saturated carbocycles. The van der Waals surface area contributed by atoms with E-state index in [1.54, 1.807) is 13.1 Å². The first kappa shape index (κ1) is 28.1. The Bertz CT molecular complexity index is 649. The van der Waals surface area contributed by atoms with E-state index in [2.05, 4.69) is 47.7 Å². The van der Waals surface area contributed by atoms with Crippen LogP contribution in [0.2, 0.25) is 0 Å². The molecule has 1 atom stereocenters. The summed E-state index contributed by atoms with van der Waals surface area (Å²) < 4.78 is 8.20. The predicted octanol–water partition coefficient (Wildman–Crippen LogP) is 7.94. The SMILES string of the molecule is CC(=O)CCCCCCCOC(Cn1ccnc1)c1ccccc1.CCCCCCCC. The van der Waals surface area contributed by atoms with Crippen LogP contribution >= 0.6 is 0 Å². The zero-order valence-corrected chi connectivity index (χ0v) is 20.8. The summed E-state index contributed by atoms with van der Waals surface area (Å²) in [5, 5.41) is 0. The van der Waals surface area contributed by atoms with Crippen LogP contribution in [0.15, 0.2) is 49.1 Å². The molecule has 0 bridgehead atoms. The summed E-state index contributed by atoms with van der Waals surface area (Å²) in [6.45, 7) is 7.72. The fraction of sp³-hybridized carbons (Fsp3) is 0.643. The van der Waals surface area contributed by atoms with E-state index in [0.717, 1.165) is 45.3 Å². The quantitative estimate of drug-likeness (QED) is 0.234. The van der Waals surface area contributed by atoms with E-state index in [9.17, 15) is 4.79 Å². The third kappa shape index (κ3) is 15.0. The fourth-order valence-corrected chi connectivity index (χ4v) is 3.59. The number of carbonyl (C=O) groups is 1. The van der Waals surface area contributed by atoms with E-state index in [1.807, 2.05) is 18.6 Å². The van der Waals surface area contributed by atoms with Crippen LogP contribution in [0.1, 0.15) is 109 Å². The molecule has 4 heteroatoms. The summed E-state index contributed by atoms with van der Waals surface area (Å²) in [7, 11) is 0. The number of unbranched alkanes of at least 4 members (excludes halogenated alkanes) is 9. The number of hydrogen-bond acceptors (Lipinski definition) is 3. The van der Waals surface area contributed by atoms with Crippen LogP contribution in [0.4, 0.5) is 0 Å². The molecule has 0 radical (unpaired) electrons. The molecule has 2 rings (SSSR count). The van der Waals surface area contributed by atoms with Gasteiger partial charge in [0.25, 0.3) is 0 Å². The van der Waals surface area contributed by atoms with Crippen molar-refractivity contribution in [3.05, 3.63) is 54.6 Å². The van der Waals surface area contributed by atoms with Gasteiger partial charge in [0.1, 0.15) is 11.9 Å². The van der Waals surface area contributed by atoms with Crippen molar-refractivity contribution < 1.29 is 9.53 Å². The molecule has 4 nitrogen and oxygen atoms in total. The Morgan fingerprint density at radius 2 is 1.53 bits per heavy atom. The highest BCUT2D eigenvalue weighted by Gasteiger charge is 2.12. The third-order valence-electron chi connectivity index (χ3n) is 5.56. The highest BCUT2D eigenvalue weighted by atomic mass is 16.5. The van der Waals surface area contributed by atoms with Gasteiger partial charge >= 0.3 is 0 Å². The van der Waals surface area contributed by atoms with Crippen molar-refractivity contribution in [2.45, 2.75) is 110 Å². The van der Waals surface area contributed by atoms with Crippen LogP contribution in [0, 0.1) is 0 Å². The largest absolute Gasteiger partial charge is 0.372 e. The Hall–Kier alpha value is -1.94. The number of rotatable bonds is 17. The van der Waals surface area contributed by atoms with Crippen molar-refractivity contribution in [3.63, 3.8) is 0 Å². The topological polar surface area (TPSA) is 44.1 Å². The minimum Gasteiger partial charge on any atom is -0.372 e. The highest BCUT2D eigenvalue weighted by molar-refractivity contribution is 5.75. The van der Waals surface area contributed by atoms with Gasteiger partial charge in [0, 0.05) is 25.4 Å². The molecule has 0 aliphatic carbocycles. The minimum absolute atomic E-state index is 0.0538. The number of nitrogens with zero attached hydrogens (tertiary/aromatic N) is 2. The number of ketones is 1. The van der Waals surface area contributed by atoms with Gasteiger partial charge in [0.05, 0.1) is 12.9 Å². The first-order valence-corrected chi connectivity index (χ1v) is 12.8. The molecule has 0 amide bonds. The Labute approximate surface area is 196 Å². The second-order valence-electron chi connectivity index (χ2n) is 8.66. The van der Waals surface area contributed by atoms with Gasteiger partial charge in [-0.3, -0.25) is 0 Å². The molecule has 32 heavy (non-hydrogen) atoms. The molecule has 0 saturated heterocycles. The summed E-state index contributed by atoms with van der Waals surface area (Å²) >= 11 is 0. The van der Waals surface area contributed by atoms with Crippen molar-refractivity contribution in [3.8, 4) is 0 Å². The number of ether oxygens (including phenoxy) is 1. The fourth-order valence-electron chi connectivity index (χ4n) is 3.59. The lowest BCUT2D eigenvalue weighted by Crippen LogP contribution is -2.12. The van der Waals surface area contributed by atoms with E-state index in [4.69, 9.17) is 4.74 Å². The van der Waals surface area contributed by atoms with Crippen molar-refractivity contribution in [2.24, 2.45) is 0 Å². The monoisotopic (exact) mass is 442 g/mol. The van der Waals surface area contributed by atoms with Gasteiger partial charge in [0.15, 0.2) is 0 Å². The van der Waals surface area contributed by atoms with Crippen LogP contribution in [-0.2, 0) is 16.1 Å². The van der Waals surface area contributed by atoms with Gasteiger partial charge in [0.2, 0.25) is 0 Å². The molecule has 1 heterocycles. The molecule has 1 aromatic heterocycles. The molecule has 0 N–H and O–H groups in total. The van der Waals surface area contributed by atoms with Crippen molar-refractivity contribution in [1.29, 1.82) is 0 Å². The molecule has 0 fully saturated rings. The summed E-state index contributed by atoms with van der Waals surface area (Å²) in [5.41, 5.74) is 1.20. The Balaban J connectivity index is 0.000000547. The Morgan fingerprint density at radius 1 is 0.906 bits per heavy atom. The van der Waals surface area contributed by atoms with Crippen LogP contribution in [0.5, 0.6) is 0 Å². The number of Topliss-reactive ketones (excluding diaryl/α,β-unsaturated/α-hetero) is 1. The molecule has 180 valence electrons. The molecule has 2 aromatic rings. The Morgan fingerprint density at radius 3 is 2.12 bits per heavy atom. The molecular formula is C28H46N2O2. The van der Waals surface area contributed by atoms with Crippen LogP contribution in [0.25, 0.3) is 0 Å². The van der Waals surface area contributed by atoms with E-state index in [0.29, 0.717) is 5.78 Å².